The molecule has 4 rings (SSSR count). The molecule has 0 aliphatic carbocycles. The highest BCUT2D eigenvalue weighted by molar-refractivity contribution is 6.00. The molecule has 6 N–H and O–H groups in total. The maximum absolute atomic E-state index is 14.6. The second kappa shape index (κ2) is 22.4. The smallest absolute Gasteiger partial charge is 0.305 e. The van der Waals surface area contributed by atoms with E-state index >= 15 is 0 Å². The number of aliphatic carboxylic acids is 2. The lowest BCUT2D eigenvalue weighted by Crippen LogP contribution is -2.61. The van der Waals surface area contributed by atoms with Crippen LogP contribution in [-0.2, 0) is 33.6 Å². The van der Waals surface area contributed by atoms with Crippen molar-refractivity contribution >= 4 is 58.2 Å². The van der Waals surface area contributed by atoms with Crippen molar-refractivity contribution in [3.05, 3.63) is 71.9 Å². The summed E-state index contributed by atoms with van der Waals surface area (Å²) in [5.74, 6) is -12.5. The van der Waals surface area contributed by atoms with Gasteiger partial charge in [-0.1, -0.05) is 78.8 Å². The average Bonchev–Trinajstić information content (AvgIpc) is 3.63. The number of amides is 5. The summed E-state index contributed by atoms with van der Waals surface area (Å²) in [6.07, 6.45) is -1.17. The minimum atomic E-state index is -1.73. The summed E-state index contributed by atoms with van der Waals surface area (Å²) >= 11 is 0. The number of halogens is 2. The number of carbonyl (C=O) groups is 8. The topological polar surface area (TPSA) is 250 Å². The van der Waals surface area contributed by atoms with Crippen LogP contribution in [0.4, 0.5) is 8.78 Å². The highest BCUT2D eigenvalue weighted by Crippen LogP contribution is 2.36. The molecule has 3 aromatic rings. The van der Waals surface area contributed by atoms with Crippen LogP contribution in [0.5, 0.6) is 5.75 Å². The first kappa shape index (κ1) is 51.1. The highest BCUT2D eigenvalue weighted by atomic mass is 19.1. The molecule has 2 aromatic carbocycles. The molecule has 17 nitrogen and oxygen atoms in total. The lowest BCUT2D eigenvalue weighted by atomic mass is 9.81. The van der Waals surface area contributed by atoms with E-state index in [4.69, 9.17) is 4.74 Å². The third-order valence-corrected chi connectivity index (χ3v) is 10.9. The Morgan fingerprint density at radius 2 is 1.43 bits per heavy atom. The van der Waals surface area contributed by atoms with E-state index in [2.05, 4.69) is 26.3 Å². The Balaban J connectivity index is 1.56. The quantitative estimate of drug-likeness (QED) is 0.0887. The maximum atomic E-state index is 14.6. The number of fused-ring (bicyclic) bond motifs is 1. The molecule has 1 aliphatic heterocycles. The molecule has 1 unspecified atom stereocenters. The predicted octanol–water partition coefficient (Wildman–Crippen LogP) is 4.02. The van der Waals surface area contributed by atoms with E-state index in [9.17, 15) is 57.4 Å². The van der Waals surface area contributed by atoms with Gasteiger partial charge in [-0.2, -0.15) is 0 Å². The van der Waals surface area contributed by atoms with Crippen molar-refractivity contribution in [2.24, 2.45) is 23.2 Å². The number of hydrogen-bond acceptors (Lipinski definition) is 10. The summed E-state index contributed by atoms with van der Waals surface area (Å²) < 4.78 is 33.5. The van der Waals surface area contributed by atoms with Gasteiger partial charge >= 0.3 is 11.9 Å². The fourth-order valence-electron chi connectivity index (χ4n) is 7.69. The molecule has 0 spiro atoms. The van der Waals surface area contributed by atoms with E-state index < -0.39 is 138 Å². The van der Waals surface area contributed by atoms with Crippen molar-refractivity contribution in [1.29, 1.82) is 0 Å². The molecule has 1 saturated heterocycles. The first-order chi connectivity index (χ1) is 30.5. The first-order valence-electron chi connectivity index (χ1n) is 21.4. The van der Waals surface area contributed by atoms with Crippen LogP contribution in [0.3, 0.4) is 0 Å². The lowest BCUT2D eigenvalue weighted by molar-refractivity contribution is -0.145. The Hall–Kier alpha value is -6.53. The van der Waals surface area contributed by atoms with Gasteiger partial charge in [0.2, 0.25) is 23.6 Å². The molecule has 1 aromatic heterocycles. The number of carbonyl (C=O) groups excluding carboxylic acids is 6. The Kier molecular flexibility index (Phi) is 17.6. The third kappa shape index (κ3) is 14.2. The predicted molar refractivity (Wildman–Crippen MR) is 232 cm³/mol. The van der Waals surface area contributed by atoms with Gasteiger partial charge in [-0.3, -0.25) is 38.4 Å². The summed E-state index contributed by atoms with van der Waals surface area (Å²) in [6.45, 7) is 11.3. The molecule has 2 heterocycles. The Morgan fingerprint density at radius 1 is 0.785 bits per heavy atom. The number of nitrogens with zero attached hydrogens (tertiary/aromatic N) is 2. The summed E-state index contributed by atoms with van der Waals surface area (Å²) in [4.78, 5) is 112. The fraction of sp³-hybridized carbons (Fsp3) is 0.500. The number of rotatable bonds is 21. The summed E-state index contributed by atoms with van der Waals surface area (Å²) in [5, 5.41) is 30.3. The Labute approximate surface area is 375 Å². The standard InChI is InChI=1S/C46H58F2N6O11/c1-24(2)37(52-41(60)31-16-15-26-11-8-9-14-30(26)49-31)43(62)50-32(17-18-35(56)57)42(61)53-38(25(3)4)45(64)54-20-19-27(22-46(5,6)7)39(54)44(63)51-33(21-36(58)59)34(55)23-65-40-28(47)12-10-13-29(40)48/h8-16,24-25,27,32-33,37-39H,17-23H2,1-7H3,(H,50,62)(H,51,63)(H,52,60)(H,53,61)(H,56,57)(H,58,59)/t27?,32-,33-,37-,38-,39-/m0/s1. The highest BCUT2D eigenvalue weighted by Gasteiger charge is 2.46. The number of carboxylic acid groups (broad SMARTS) is 2. The lowest BCUT2D eigenvalue weighted by Gasteiger charge is -2.35. The van der Waals surface area contributed by atoms with E-state index in [1.54, 1.807) is 45.9 Å². The van der Waals surface area contributed by atoms with Gasteiger partial charge < -0.3 is 41.1 Å². The molecule has 65 heavy (non-hydrogen) atoms. The van der Waals surface area contributed by atoms with Crippen molar-refractivity contribution in [3.8, 4) is 5.75 Å². The van der Waals surface area contributed by atoms with Gasteiger partial charge in [0.05, 0.1) is 11.9 Å². The summed E-state index contributed by atoms with van der Waals surface area (Å²) in [6, 6.07) is 6.17. The zero-order valence-electron chi connectivity index (χ0n) is 37.5. The maximum Gasteiger partial charge on any atom is 0.305 e. The van der Waals surface area contributed by atoms with E-state index in [-0.39, 0.29) is 17.7 Å². The van der Waals surface area contributed by atoms with Gasteiger partial charge in [0.25, 0.3) is 5.91 Å². The van der Waals surface area contributed by atoms with Crippen molar-refractivity contribution in [2.75, 3.05) is 13.2 Å². The molecular weight excluding hydrogens is 851 g/mol. The van der Waals surface area contributed by atoms with Gasteiger partial charge in [0, 0.05) is 18.4 Å². The number of Topliss-reactive ketones (excluding diaryl/α,β-unsaturated/α-hetero) is 1. The molecule has 0 bridgehead atoms. The number of likely N-dealkylation sites (tertiary alicyclic amines) is 1. The Morgan fingerprint density at radius 3 is 2.03 bits per heavy atom. The van der Waals surface area contributed by atoms with E-state index in [1.807, 2.05) is 32.9 Å². The van der Waals surface area contributed by atoms with Gasteiger partial charge in [-0.25, -0.2) is 13.8 Å². The van der Waals surface area contributed by atoms with Crippen LogP contribution in [0.15, 0.2) is 54.6 Å². The largest absolute Gasteiger partial charge is 0.481 e. The number of benzene rings is 2. The zero-order chi connectivity index (χ0) is 48.3. The van der Waals surface area contributed by atoms with Crippen LogP contribution in [-0.4, -0.2) is 111 Å². The monoisotopic (exact) mass is 908 g/mol. The van der Waals surface area contributed by atoms with Crippen molar-refractivity contribution in [3.63, 3.8) is 0 Å². The number of carboxylic acids is 2. The number of aromatic nitrogens is 1. The van der Waals surface area contributed by atoms with Crippen molar-refractivity contribution < 1.29 is 62.1 Å². The number of nitrogens with one attached hydrogen (secondary N) is 4. The van der Waals surface area contributed by atoms with Crippen LogP contribution in [0.1, 0.15) is 91.1 Å². The molecule has 352 valence electrons. The van der Waals surface area contributed by atoms with Gasteiger partial charge in [0.15, 0.2) is 23.2 Å². The van der Waals surface area contributed by atoms with Gasteiger partial charge in [-0.05, 0) is 66.7 Å². The number of para-hydroxylation sites is 2. The molecular formula is C46H58F2N6O11. The average molecular weight is 909 g/mol. The van der Waals surface area contributed by atoms with Crippen LogP contribution in [0, 0.1) is 34.8 Å². The minimum absolute atomic E-state index is 0.0188. The number of hydrogen-bond donors (Lipinski definition) is 6. The van der Waals surface area contributed by atoms with Crippen molar-refractivity contribution in [2.45, 2.75) is 111 Å². The molecule has 5 amide bonds. The molecule has 19 heteroatoms. The van der Waals surface area contributed by atoms with Crippen LogP contribution in [0.25, 0.3) is 10.9 Å². The molecule has 0 radical (unpaired) electrons. The van der Waals surface area contributed by atoms with Crippen LogP contribution < -0.4 is 26.0 Å². The normalized spacial score (nSPS) is 16.9. The summed E-state index contributed by atoms with van der Waals surface area (Å²) in [7, 11) is 0. The van der Waals surface area contributed by atoms with Crippen LogP contribution >= 0.6 is 0 Å². The Bertz CT molecular complexity index is 2240. The first-order valence-corrected chi connectivity index (χ1v) is 21.4. The van der Waals surface area contributed by atoms with Gasteiger partial charge in [0.1, 0.15) is 42.5 Å². The number of pyridine rings is 1. The van der Waals surface area contributed by atoms with Crippen LogP contribution in [0.2, 0.25) is 0 Å². The zero-order valence-corrected chi connectivity index (χ0v) is 37.5. The minimum Gasteiger partial charge on any atom is -0.481 e. The van der Waals surface area contributed by atoms with E-state index in [0.29, 0.717) is 18.4 Å². The van der Waals surface area contributed by atoms with E-state index in [1.165, 1.54) is 11.0 Å². The number of ether oxygens (including phenoxy) is 1. The SMILES string of the molecule is CC(C)[C@H](NC(=O)c1ccc2ccccc2n1)C(=O)N[C@@H](CCC(=O)O)C(=O)N[C@H](C(=O)N1CCC(CC(C)(C)C)[C@H]1C(=O)N[C@@H](CC(=O)O)C(=O)COc1c(F)cccc1F)C(C)C. The van der Waals surface area contributed by atoms with E-state index in [0.717, 1.165) is 23.6 Å². The number of ketones is 1. The molecule has 1 aliphatic rings. The summed E-state index contributed by atoms with van der Waals surface area (Å²) in [5.41, 5.74) is 0.209. The molecule has 1 fully saturated rings. The van der Waals surface area contributed by atoms with Crippen molar-refractivity contribution in [1.82, 2.24) is 31.2 Å². The fourth-order valence-corrected chi connectivity index (χ4v) is 7.69. The molecule has 0 saturated carbocycles. The second-order valence-corrected chi connectivity index (χ2v) is 18.1. The van der Waals surface area contributed by atoms with Gasteiger partial charge in [-0.15, -0.1) is 0 Å². The molecule has 6 atom stereocenters. The second-order valence-electron chi connectivity index (χ2n) is 18.1. The third-order valence-electron chi connectivity index (χ3n) is 10.9.